The monoisotopic (exact) mass is 201 g/mol. The highest BCUT2D eigenvalue weighted by Crippen LogP contribution is 2.54. The molecule has 78 valence electrons. The molecule has 1 amide bonds. The Kier molecular flexibility index (Phi) is 1.84. The molecule has 2 fully saturated rings. The van der Waals surface area contributed by atoms with Crippen LogP contribution in [0.25, 0.3) is 0 Å². The van der Waals surface area contributed by atoms with Crippen LogP contribution in [0, 0.1) is 5.41 Å². The van der Waals surface area contributed by atoms with Crippen molar-refractivity contribution in [1.29, 1.82) is 0 Å². The maximum atomic E-state index is 11.2. The standard InChI is InChI=1S/C13H15NO/c15-12-8-13(9-14-12)6-11(7-13)10-4-2-1-3-5-10/h1-5,11H,6-9H2,(H,14,15). The predicted octanol–water partition coefficient (Wildman–Crippen LogP) is 2.07. The Morgan fingerprint density at radius 3 is 2.53 bits per heavy atom. The SMILES string of the molecule is O=C1CC2(CN1)CC(c1ccccc1)C2. The number of hydrogen-bond donors (Lipinski definition) is 1. The van der Waals surface area contributed by atoms with E-state index < -0.39 is 0 Å². The Balaban J connectivity index is 1.69. The van der Waals surface area contributed by atoms with Gasteiger partial charge in [0.05, 0.1) is 0 Å². The lowest BCUT2D eigenvalue weighted by atomic mass is 9.59. The van der Waals surface area contributed by atoms with Gasteiger partial charge in [-0.05, 0) is 29.7 Å². The minimum atomic E-state index is 0.238. The first-order valence-electron chi connectivity index (χ1n) is 5.59. The molecular formula is C13H15NO. The second-order valence-corrected chi connectivity index (χ2v) is 4.97. The zero-order valence-electron chi connectivity index (χ0n) is 8.70. The topological polar surface area (TPSA) is 29.1 Å². The molecule has 0 aromatic heterocycles. The highest BCUT2D eigenvalue weighted by atomic mass is 16.1. The lowest BCUT2D eigenvalue weighted by Gasteiger charge is -2.44. The van der Waals surface area contributed by atoms with Crippen LogP contribution in [0.1, 0.15) is 30.7 Å². The largest absolute Gasteiger partial charge is 0.356 e. The van der Waals surface area contributed by atoms with Gasteiger partial charge in [0.1, 0.15) is 0 Å². The number of nitrogens with one attached hydrogen (secondary N) is 1. The molecule has 1 aromatic carbocycles. The van der Waals surface area contributed by atoms with Crippen LogP contribution in [-0.2, 0) is 4.79 Å². The fourth-order valence-electron chi connectivity index (χ4n) is 2.99. The summed E-state index contributed by atoms with van der Waals surface area (Å²) in [5.41, 5.74) is 1.74. The summed E-state index contributed by atoms with van der Waals surface area (Å²) in [6.07, 6.45) is 3.10. The first-order chi connectivity index (χ1) is 7.27. The van der Waals surface area contributed by atoms with Crippen LogP contribution in [0.3, 0.4) is 0 Å². The molecule has 15 heavy (non-hydrogen) atoms. The number of benzene rings is 1. The van der Waals surface area contributed by atoms with Gasteiger partial charge in [-0.15, -0.1) is 0 Å². The van der Waals surface area contributed by atoms with Crippen molar-refractivity contribution in [3.63, 3.8) is 0 Å². The van der Waals surface area contributed by atoms with E-state index >= 15 is 0 Å². The fraction of sp³-hybridized carbons (Fsp3) is 0.462. The molecule has 3 rings (SSSR count). The van der Waals surface area contributed by atoms with Crippen LogP contribution in [0.2, 0.25) is 0 Å². The second-order valence-electron chi connectivity index (χ2n) is 4.97. The molecule has 0 atom stereocenters. The predicted molar refractivity (Wildman–Crippen MR) is 58.5 cm³/mol. The van der Waals surface area contributed by atoms with Crippen LogP contribution < -0.4 is 5.32 Å². The zero-order valence-corrected chi connectivity index (χ0v) is 8.70. The molecule has 1 saturated heterocycles. The molecule has 2 nitrogen and oxygen atoms in total. The van der Waals surface area contributed by atoms with E-state index in [9.17, 15) is 4.79 Å². The summed E-state index contributed by atoms with van der Waals surface area (Å²) in [5.74, 6) is 0.917. The Morgan fingerprint density at radius 1 is 1.20 bits per heavy atom. The van der Waals surface area contributed by atoms with Crippen molar-refractivity contribution in [1.82, 2.24) is 5.32 Å². The molecule has 1 saturated carbocycles. The third-order valence-electron chi connectivity index (χ3n) is 3.83. The van der Waals surface area contributed by atoms with Gasteiger partial charge in [-0.25, -0.2) is 0 Å². The summed E-state index contributed by atoms with van der Waals surface area (Å²) in [6, 6.07) is 10.6. The molecule has 1 aliphatic heterocycles. The number of amides is 1. The van der Waals surface area contributed by atoms with E-state index in [2.05, 4.69) is 35.6 Å². The van der Waals surface area contributed by atoms with E-state index in [1.54, 1.807) is 0 Å². The summed E-state index contributed by atoms with van der Waals surface area (Å²) in [4.78, 5) is 11.2. The maximum absolute atomic E-state index is 11.2. The van der Waals surface area contributed by atoms with Crippen molar-refractivity contribution in [2.45, 2.75) is 25.2 Å². The summed E-state index contributed by atoms with van der Waals surface area (Å²) in [6.45, 7) is 0.898. The van der Waals surface area contributed by atoms with Gasteiger partial charge >= 0.3 is 0 Å². The Hall–Kier alpha value is -1.31. The molecule has 1 aromatic rings. The van der Waals surface area contributed by atoms with E-state index in [1.165, 1.54) is 18.4 Å². The van der Waals surface area contributed by atoms with Crippen LogP contribution in [0.4, 0.5) is 0 Å². The van der Waals surface area contributed by atoms with Crippen molar-refractivity contribution in [2.24, 2.45) is 5.41 Å². The lowest BCUT2D eigenvalue weighted by molar-refractivity contribution is -0.120. The summed E-state index contributed by atoms with van der Waals surface area (Å²) in [5, 5.41) is 2.95. The molecule has 0 radical (unpaired) electrons. The Morgan fingerprint density at radius 2 is 1.93 bits per heavy atom. The number of carbonyl (C=O) groups is 1. The molecule has 0 bridgehead atoms. The van der Waals surface area contributed by atoms with E-state index in [0.717, 1.165) is 13.0 Å². The average molecular weight is 201 g/mol. The normalized spacial score (nSPS) is 33.9. The summed E-state index contributed by atoms with van der Waals surface area (Å²) in [7, 11) is 0. The van der Waals surface area contributed by atoms with E-state index in [4.69, 9.17) is 0 Å². The quantitative estimate of drug-likeness (QED) is 0.740. The second kappa shape index (κ2) is 3.09. The molecule has 1 aliphatic carbocycles. The van der Waals surface area contributed by atoms with Crippen molar-refractivity contribution in [3.05, 3.63) is 35.9 Å². The van der Waals surface area contributed by atoms with Crippen molar-refractivity contribution < 1.29 is 4.79 Å². The van der Waals surface area contributed by atoms with Crippen LogP contribution in [0.5, 0.6) is 0 Å². The number of rotatable bonds is 1. The summed E-state index contributed by atoms with van der Waals surface area (Å²) >= 11 is 0. The van der Waals surface area contributed by atoms with Gasteiger partial charge in [0.25, 0.3) is 0 Å². The van der Waals surface area contributed by atoms with Gasteiger partial charge in [-0.2, -0.15) is 0 Å². The smallest absolute Gasteiger partial charge is 0.220 e. The van der Waals surface area contributed by atoms with Crippen LogP contribution in [-0.4, -0.2) is 12.5 Å². The van der Waals surface area contributed by atoms with Gasteiger partial charge in [-0.1, -0.05) is 30.3 Å². The third kappa shape index (κ3) is 1.44. The van der Waals surface area contributed by atoms with E-state index in [1.807, 2.05) is 0 Å². The molecule has 1 N–H and O–H groups in total. The van der Waals surface area contributed by atoms with Gasteiger partial charge in [-0.3, -0.25) is 4.79 Å². The first kappa shape index (κ1) is 8.96. The van der Waals surface area contributed by atoms with Crippen LogP contribution in [0.15, 0.2) is 30.3 Å². The minimum absolute atomic E-state index is 0.238. The third-order valence-corrected chi connectivity index (χ3v) is 3.83. The van der Waals surface area contributed by atoms with Crippen molar-refractivity contribution in [2.75, 3.05) is 6.54 Å². The van der Waals surface area contributed by atoms with Gasteiger partial charge in [0.2, 0.25) is 5.91 Å². The highest BCUT2D eigenvalue weighted by Gasteiger charge is 2.48. The van der Waals surface area contributed by atoms with Crippen molar-refractivity contribution >= 4 is 5.91 Å². The Labute approximate surface area is 89.7 Å². The highest BCUT2D eigenvalue weighted by molar-refractivity contribution is 5.79. The maximum Gasteiger partial charge on any atom is 0.220 e. The van der Waals surface area contributed by atoms with Crippen molar-refractivity contribution in [3.8, 4) is 0 Å². The van der Waals surface area contributed by atoms with E-state index in [-0.39, 0.29) is 5.91 Å². The average Bonchev–Trinajstić information content (AvgIpc) is 2.60. The molecular weight excluding hydrogens is 186 g/mol. The van der Waals surface area contributed by atoms with Crippen LogP contribution >= 0.6 is 0 Å². The molecule has 2 aliphatic rings. The first-order valence-corrected chi connectivity index (χ1v) is 5.59. The number of carbonyl (C=O) groups excluding carboxylic acids is 1. The molecule has 0 unspecified atom stereocenters. The molecule has 1 heterocycles. The van der Waals surface area contributed by atoms with E-state index in [0.29, 0.717) is 11.3 Å². The number of hydrogen-bond acceptors (Lipinski definition) is 1. The minimum Gasteiger partial charge on any atom is -0.356 e. The molecule has 2 heteroatoms. The zero-order chi connectivity index (χ0) is 10.3. The summed E-state index contributed by atoms with van der Waals surface area (Å²) < 4.78 is 0. The fourth-order valence-corrected chi connectivity index (χ4v) is 2.99. The lowest BCUT2D eigenvalue weighted by Crippen LogP contribution is -2.37. The van der Waals surface area contributed by atoms with Gasteiger partial charge in [0, 0.05) is 13.0 Å². The Bertz CT molecular complexity index is 379. The van der Waals surface area contributed by atoms with Gasteiger partial charge < -0.3 is 5.32 Å². The van der Waals surface area contributed by atoms with Gasteiger partial charge in [0.15, 0.2) is 0 Å². The molecule has 1 spiro atoms.